The Kier molecular flexibility index (Phi) is 3.57. The van der Waals surface area contributed by atoms with Crippen molar-refractivity contribution in [3.8, 4) is 0 Å². The maximum atomic E-state index is 13.3. The lowest BCUT2D eigenvalue weighted by Crippen LogP contribution is -2.36. The number of anilines is 1. The standard InChI is InChI=1S/C9H12FN3O4S/c10-3-1-13(9(17)12-7(3)11)8-6(16)5(15)4(2-14)18-8/h1,4-6,8,14-16H,2H2,(H2,11,12,17)/t4-,5+,6-,8-/m0/s1. The summed E-state index contributed by atoms with van der Waals surface area (Å²) in [6, 6.07) is 0. The van der Waals surface area contributed by atoms with E-state index in [1.807, 2.05) is 0 Å². The molecule has 0 unspecified atom stereocenters. The molecule has 0 saturated carbocycles. The van der Waals surface area contributed by atoms with E-state index < -0.39 is 40.2 Å². The molecule has 0 aromatic carbocycles. The van der Waals surface area contributed by atoms with Crippen LogP contribution >= 0.6 is 11.8 Å². The summed E-state index contributed by atoms with van der Waals surface area (Å²) < 4.78 is 14.1. The van der Waals surface area contributed by atoms with Gasteiger partial charge in [0.25, 0.3) is 0 Å². The number of nitrogen functional groups attached to an aromatic ring is 1. The molecule has 0 aliphatic carbocycles. The van der Waals surface area contributed by atoms with Crippen LogP contribution in [0.5, 0.6) is 0 Å². The summed E-state index contributed by atoms with van der Waals surface area (Å²) in [6.07, 6.45) is -1.66. The third-order valence-corrected chi connectivity index (χ3v) is 4.29. The second kappa shape index (κ2) is 4.84. The minimum atomic E-state index is -1.30. The van der Waals surface area contributed by atoms with Crippen LogP contribution in [-0.2, 0) is 0 Å². The Balaban J connectivity index is 2.39. The van der Waals surface area contributed by atoms with Crippen LogP contribution in [0.15, 0.2) is 11.0 Å². The molecular weight excluding hydrogens is 265 g/mol. The van der Waals surface area contributed by atoms with E-state index in [0.717, 1.165) is 22.5 Å². The Morgan fingerprint density at radius 2 is 2.17 bits per heavy atom. The van der Waals surface area contributed by atoms with Crippen LogP contribution in [0.3, 0.4) is 0 Å². The fraction of sp³-hybridized carbons (Fsp3) is 0.556. The average molecular weight is 277 g/mol. The maximum Gasteiger partial charge on any atom is 0.350 e. The van der Waals surface area contributed by atoms with Crippen molar-refractivity contribution < 1.29 is 19.7 Å². The van der Waals surface area contributed by atoms with Gasteiger partial charge in [-0.05, 0) is 0 Å². The van der Waals surface area contributed by atoms with Crippen LogP contribution in [0.4, 0.5) is 10.2 Å². The lowest BCUT2D eigenvalue weighted by Gasteiger charge is -2.17. The quantitative estimate of drug-likeness (QED) is 0.508. The number of rotatable bonds is 2. The number of aliphatic hydroxyl groups excluding tert-OH is 3. The molecule has 4 atom stereocenters. The number of aromatic nitrogens is 2. The summed E-state index contributed by atoms with van der Waals surface area (Å²) in [6.45, 7) is -0.362. The molecule has 0 radical (unpaired) electrons. The van der Waals surface area contributed by atoms with Gasteiger partial charge in [0.05, 0.1) is 18.0 Å². The molecule has 7 nitrogen and oxygen atoms in total. The molecule has 0 bridgehead atoms. The molecule has 18 heavy (non-hydrogen) atoms. The first-order valence-corrected chi connectivity index (χ1v) is 6.06. The molecule has 5 N–H and O–H groups in total. The number of nitrogens with two attached hydrogens (primary N) is 1. The minimum Gasteiger partial charge on any atom is -0.395 e. The zero-order chi connectivity index (χ0) is 13.4. The molecule has 2 heterocycles. The molecule has 1 aromatic heterocycles. The summed E-state index contributed by atoms with van der Waals surface area (Å²) >= 11 is 0.974. The van der Waals surface area contributed by atoms with Crippen molar-refractivity contribution in [3.05, 3.63) is 22.5 Å². The predicted molar refractivity (Wildman–Crippen MR) is 62.4 cm³/mol. The van der Waals surface area contributed by atoms with Crippen molar-refractivity contribution in [1.29, 1.82) is 0 Å². The molecule has 0 spiro atoms. The van der Waals surface area contributed by atoms with Crippen LogP contribution < -0.4 is 11.4 Å². The highest BCUT2D eigenvalue weighted by Crippen LogP contribution is 2.40. The van der Waals surface area contributed by atoms with Gasteiger partial charge < -0.3 is 21.1 Å². The van der Waals surface area contributed by atoms with Crippen LogP contribution in [0.2, 0.25) is 0 Å². The molecule has 1 aliphatic rings. The van der Waals surface area contributed by atoms with Gasteiger partial charge in [-0.2, -0.15) is 4.98 Å². The minimum absolute atomic E-state index is 0.362. The van der Waals surface area contributed by atoms with E-state index in [2.05, 4.69) is 4.98 Å². The third kappa shape index (κ3) is 2.09. The van der Waals surface area contributed by atoms with E-state index in [1.165, 1.54) is 0 Å². The summed E-state index contributed by atoms with van der Waals surface area (Å²) in [5, 5.41) is 26.8. The second-order valence-corrected chi connectivity index (χ2v) is 5.25. The number of nitrogens with zero attached hydrogens (tertiary/aromatic N) is 2. The Hall–Kier alpha value is -1.16. The van der Waals surface area contributed by atoms with E-state index in [0.29, 0.717) is 0 Å². The summed E-state index contributed by atoms with van der Waals surface area (Å²) in [7, 11) is 0. The Morgan fingerprint density at radius 3 is 2.72 bits per heavy atom. The van der Waals surface area contributed by atoms with Crippen molar-refractivity contribution in [2.24, 2.45) is 0 Å². The van der Waals surface area contributed by atoms with Crippen molar-refractivity contribution >= 4 is 17.6 Å². The zero-order valence-corrected chi connectivity index (χ0v) is 9.92. The highest BCUT2D eigenvalue weighted by atomic mass is 32.2. The Morgan fingerprint density at radius 1 is 1.50 bits per heavy atom. The molecule has 1 saturated heterocycles. The summed E-state index contributed by atoms with van der Waals surface area (Å²) in [5.41, 5.74) is 4.32. The average Bonchev–Trinajstić information content (AvgIpc) is 2.61. The molecular formula is C9H12FN3O4S. The van der Waals surface area contributed by atoms with Gasteiger partial charge in [0.15, 0.2) is 11.6 Å². The fourth-order valence-corrected chi connectivity index (χ4v) is 3.12. The van der Waals surface area contributed by atoms with Gasteiger partial charge in [-0.3, -0.25) is 4.57 Å². The number of hydrogen-bond donors (Lipinski definition) is 4. The maximum absolute atomic E-state index is 13.3. The number of aliphatic hydroxyl groups is 3. The predicted octanol–water partition coefficient (Wildman–Crippen LogP) is -1.71. The van der Waals surface area contributed by atoms with Crippen LogP contribution in [0, 0.1) is 5.82 Å². The summed E-state index contributed by atoms with van der Waals surface area (Å²) in [5.74, 6) is -1.41. The van der Waals surface area contributed by atoms with Crippen LogP contribution in [-0.4, -0.2) is 48.9 Å². The normalized spacial score (nSPS) is 31.8. The lowest BCUT2D eigenvalue weighted by molar-refractivity contribution is 0.0100. The van der Waals surface area contributed by atoms with E-state index in [4.69, 9.17) is 10.8 Å². The highest BCUT2D eigenvalue weighted by molar-refractivity contribution is 8.00. The van der Waals surface area contributed by atoms with Gasteiger partial charge in [0.1, 0.15) is 11.5 Å². The van der Waals surface area contributed by atoms with E-state index in [-0.39, 0.29) is 6.61 Å². The molecule has 100 valence electrons. The molecule has 0 amide bonds. The second-order valence-electron chi connectivity index (χ2n) is 3.89. The third-order valence-electron chi connectivity index (χ3n) is 2.73. The van der Waals surface area contributed by atoms with Crippen molar-refractivity contribution in [2.75, 3.05) is 12.3 Å². The van der Waals surface area contributed by atoms with E-state index in [1.54, 1.807) is 0 Å². The number of halogens is 1. The van der Waals surface area contributed by atoms with Crippen molar-refractivity contribution in [2.45, 2.75) is 22.8 Å². The molecule has 1 fully saturated rings. The molecule has 9 heteroatoms. The Bertz CT molecular complexity index is 511. The summed E-state index contributed by atoms with van der Waals surface area (Å²) in [4.78, 5) is 14.8. The first-order valence-electron chi connectivity index (χ1n) is 5.12. The smallest absolute Gasteiger partial charge is 0.350 e. The SMILES string of the molecule is Nc1nc(=O)n([C@H]2S[C@@H](CO)[C@@H](O)[C@@H]2O)cc1F. The van der Waals surface area contributed by atoms with Gasteiger partial charge in [0, 0.05) is 6.20 Å². The van der Waals surface area contributed by atoms with Gasteiger partial charge in [-0.1, -0.05) is 0 Å². The van der Waals surface area contributed by atoms with Crippen LogP contribution in [0.1, 0.15) is 5.37 Å². The van der Waals surface area contributed by atoms with Crippen LogP contribution in [0.25, 0.3) is 0 Å². The molecule has 1 aliphatic heterocycles. The molecule has 2 rings (SSSR count). The first kappa shape index (κ1) is 13.3. The van der Waals surface area contributed by atoms with Gasteiger partial charge in [0.2, 0.25) is 0 Å². The lowest BCUT2D eigenvalue weighted by atomic mass is 10.1. The largest absolute Gasteiger partial charge is 0.395 e. The molecule has 1 aromatic rings. The number of thioether (sulfide) groups is 1. The highest BCUT2D eigenvalue weighted by Gasteiger charge is 2.43. The monoisotopic (exact) mass is 277 g/mol. The van der Waals surface area contributed by atoms with Gasteiger partial charge in [-0.25, -0.2) is 9.18 Å². The van der Waals surface area contributed by atoms with E-state index >= 15 is 0 Å². The van der Waals surface area contributed by atoms with Gasteiger partial charge >= 0.3 is 5.69 Å². The first-order chi connectivity index (χ1) is 8.45. The van der Waals surface area contributed by atoms with Crippen molar-refractivity contribution in [1.82, 2.24) is 9.55 Å². The van der Waals surface area contributed by atoms with Gasteiger partial charge in [-0.15, -0.1) is 11.8 Å². The zero-order valence-electron chi connectivity index (χ0n) is 9.10. The van der Waals surface area contributed by atoms with E-state index in [9.17, 15) is 19.4 Å². The Labute approximate surface area is 105 Å². The topological polar surface area (TPSA) is 122 Å². The number of hydrogen-bond acceptors (Lipinski definition) is 7. The fourth-order valence-electron chi connectivity index (χ4n) is 1.75. The van der Waals surface area contributed by atoms with Crippen molar-refractivity contribution in [3.63, 3.8) is 0 Å².